The Morgan fingerprint density at radius 1 is 1.53 bits per heavy atom. The van der Waals surface area contributed by atoms with E-state index in [2.05, 4.69) is 0 Å². The van der Waals surface area contributed by atoms with Crippen LogP contribution in [0.25, 0.3) is 0 Å². The van der Waals surface area contributed by atoms with Crippen molar-refractivity contribution < 1.29 is 18.3 Å². The molecule has 0 amide bonds. The smallest absolute Gasteiger partial charge is 0.308 e. The second kappa shape index (κ2) is 5.60. The van der Waals surface area contributed by atoms with Crippen molar-refractivity contribution in [2.75, 3.05) is 18.8 Å². The molecule has 0 bridgehead atoms. The highest BCUT2D eigenvalue weighted by molar-refractivity contribution is 7.89. The van der Waals surface area contributed by atoms with E-state index in [1.165, 1.54) is 15.6 Å². The predicted molar refractivity (Wildman–Crippen MR) is 73.7 cm³/mol. The monoisotopic (exact) mass is 303 g/mol. The van der Waals surface area contributed by atoms with E-state index in [1.807, 2.05) is 17.5 Å². The third-order valence-electron chi connectivity index (χ3n) is 3.48. The Hall–Kier alpha value is -0.920. The van der Waals surface area contributed by atoms with E-state index in [-0.39, 0.29) is 18.2 Å². The van der Waals surface area contributed by atoms with Crippen LogP contribution in [0.3, 0.4) is 0 Å². The van der Waals surface area contributed by atoms with E-state index in [4.69, 9.17) is 5.11 Å². The maximum atomic E-state index is 12.2. The number of thiophene rings is 1. The molecule has 19 heavy (non-hydrogen) atoms. The molecule has 1 fully saturated rings. The zero-order chi connectivity index (χ0) is 14.0. The Morgan fingerprint density at radius 2 is 2.26 bits per heavy atom. The van der Waals surface area contributed by atoms with E-state index in [1.54, 1.807) is 6.92 Å². The maximum absolute atomic E-state index is 12.2. The van der Waals surface area contributed by atoms with Crippen molar-refractivity contribution in [3.63, 3.8) is 0 Å². The second-order valence-electron chi connectivity index (χ2n) is 4.88. The molecule has 2 rings (SSSR count). The molecule has 0 unspecified atom stereocenters. The fraction of sp³-hybridized carbons (Fsp3) is 0.583. The van der Waals surface area contributed by atoms with Crippen molar-refractivity contribution in [2.45, 2.75) is 13.3 Å². The maximum Gasteiger partial charge on any atom is 0.308 e. The zero-order valence-electron chi connectivity index (χ0n) is 10.7. The molecule has 0 saturated carbocycles. The molecule has 0 aliphatic carbocycles. The third-order valence-corrected chi connectivity index (χ3v) is 6.22. The van der Waals surface area contributed by atoms with Gasteiger partial charge in [-0.25, -0.2) is 12.7 Å². The second-order valence-corrected chi connectivity index (χ2v) is 8.01. The van der Waals surface area contributed by atoms with Gasteiger partial charge in [-0.2, -0.15) is 0 Å². The molecule has 1 saturated heterocycles. The van der Waals surface area contributed by atoms with Crippen LogP contribution in [0.1, 0.15) is 11.8 Å². The summed E-state index contributed by atoms with van der Waals surface area (Å²) in [6, 6.07) is 3.80. The summed E-state index contributed by atoms with van der Waals surface area (Å²) in [6.07, 6.45) is 0.489. The van der Waals surface area contributed by atoms with Crippen molar-refractivity contribution >= 4 is 27.3 Å². The molecule has 106 valence electrons. The van der Waals surface area contributed by atoms with E-state index >= 15 is 0 Å². The number of aliphatic carboxylic acids is 1. The summed E-state index contributed by atoms with van der Waals surface area (Å²) in [5.41, 5.74) is 0. The molecule has 0 radical (unpaired) electrons. The number of aryl methyl sites for hydroxylation is 1. The molecular weight excluding hydrogens is 286 g/mol. The molecule has 1 aromatic heterocycles. The summed E-state index contributed by atoms with van der Waals surface area (Å²) >= 11 is 1.54. The van der Waals surface area contributed by atoms with Crippen LogP contribution in [0.2, 0.25) is 0 Å². The Labute approximate surface area is 116 Å². The third kappa shape index (κ3) is 3.34. The minimum Gasteiger partial charge on any atom is -0.481 e. The van der Waals surface area contributed by atoms with Gasteiger partial charge in [0.15, 0.2) is 0 Å². The highest BCUT2D eigenvalue weighted by Gasteiger charge is 2.39. The van der Waals surface area contributed by atoms with Crippen LogP contribution in [-0.2, 0) is 21.2 Å². The number of nitrogens with zero attached hydrogens (tertiary/aromatic N) is 1. The fourth-order valence-electron chi connectivity index (χ4n) is 2.28. The molecular formula is C12H17NO4S2. The minimum atomic E-state index is -3.36. The van der Waals surface area contributed by atoms with Crippen LogP contribution in [0.5, 0.6) is 0 Å². The van der Waals surface area contributed by atoms with Crippen LogP contribution >= 0.6 is 11.3 Å². The van der Waals surface area contributed by atoms with Gasteiger partial charge in [-0.3, -0.25) is 4.79 Å². The van der Waals surface area contributed by atoms with E-state index in [0.29, 0.717) is 13.0 Å². The number of hydrogen-bond acceptors (Lipinski definition) is 4. The van der Waals surface area contributed by atoms with Gasteiger partial charge in [0.2, 0.25) is 10.0 Å². The average molecular weight is 303 g/mol. The molecule has 1 aliphatic rings. The standard InChI is InChI=1S/C12H17NO4S2/c1-9-7-13(8-11(9)12(14)15)19(16,17)6-4-10-3-2-5-18-10/h2-3,5,9,11H,4,6-8H2,1H3,(H,14,15)/t9-,11-/m1/s1. The van der Waals surface area contributed by atoms with E-state index in [0.717, 1.165) is 4.88 Å². The van der Waals surface area contributed by atoms with Gasteiger partial charge in [-0.15, -0.1) is 11.3 Å². The number of carbonyl (C=O) groups is 1. The first kappa shape index (κ1) is 14.5. The summed E-state index contributed by atoms with van der Waals surface area (Å²) in [5, 5.41) is 10.9. The largest absolute Gasteiger partial charge is 0.481 e. The summed E-state index contributed by atoms with van der Waals surface area (Å²) in [4.78, 5) is 12.0. The first-order chi connectivity index (χ1) is 8.90. The summed E-state index contributed by atoms with van der Waals surface area (Å²) in [7, 11) is -3.36. The van der Waals surface area contributed by atoms with Crippen molar-refractivity contribution in [3.8, 4) is 0 Å². The van der Waals surface area contributed by atoms with Crippen molar-refractivity contribution in [1.82, 2.24) is 4.31 Å². The van der Waals surface area contributed by atoms with Gasteiger partial charge in [0.1, 0.15) is 0 Å². The Morgan fingerprint density at radius 3 is 2.79 bits per heavy atom. The number of carboxylic acid groups (broad SMARTS) is 1. The molecule has 1 aromatic rings. The molecule has 0 aromatic carbocycles. The average Bonchev–Trinajstić information content (AvgIpc) is 2.95. The number of hydrogen-bond donors (Lipinski definition) is 1. The lowest BCUT2D eigenvalue weighted by atomic mass is 9.99. The van der Waals surface area contributed by atoms with Crippen LogP contribution in [0.15, 0.2) is 17.5 Å². The predicted octanol–water partition coefficient (Wildman–Crippen LogP) is 1.27. The van der Waals surface area contributed by atoms with Crippen LogP contribution in [-0.4, -0.2) is 42.6 Å². The first-order valence-electron chi connectivity index (χ1n) is 6.13. The molecule has 7 heteroatoms. The van der Waals surface area contributed by atoms with Gasteiger partial charge in [-0.05, 0) is 23.8 Å². The number of carboxylic acids is 1. The summed E-state index contributed by atoms with van der Waals surface area (Å²) in [5.74, 6) is -1.58. The fourth-order valence-corrected chi connectivity index (χ4v) is 4.71. The molecule has 1 aliphatic heterocycles. The van der Waals surface area contributed by atoms with Gasteiger partial charge in [0.05, 0.1) is 11.7 Å². The number of rotatable bonds is 5. The molecule has 2 heterocycles. The van der Waals surface area contributed by atoms with Crippen molar-refractivity contribution in [2.24, 2.45) is 11.8 Å². The zero-order valence-corrected chi connectivity index (χ0v) is 12.3. The van der Waals surface area contributed by atoms with Crippen LogP contribution < -0.4 is 0 Å². The van der Waals surface area contributed by atoms with Gasteiger partial charge in [0.25, 0.3) is 0 Å². The SMILES string of the molecule is C[C@@H]1CN(S(=O)(=O)CCc2cccs2)C[C@H]1C(=O)O. The van der Waals surface area contributed by atoms with Crippen molar-refractivity contribution in [1.29, 1.82) is 0 Å². The lowest BCUT2D eigenvalue weighted by Crippen LogP contribution is -2.32. The highest BCUT2D eigenvalue weighted by atomic mass is 32.2. The van der Waals surface area contributed by atoms with Gasteiger partial charge in [-0.1, -0.05) is 13.0 Å². The molecule has 5 nitrogen and oxygen atoms in total. The quantitative estimate of drug-likeness (QED) is 0.889. The van der Waals surface area contributed by atoms with E-state index < -0.39 is 21.9 Å². The van der Waals surface area contributed by atoms with Crippen LogP contribution in [0.4, 0.5) is 0 Å². The lowest BCUT2D eigenvalue weighted by molar-refractivity contribution is -0.142. The van der Waals surface area contributed by atoms with Crippen LogP contribution in [0, 0.1) is 11.8 Å². The first-order valence-corrected chi connectivity index (χ1v) is 8.62. The molecule has 2 atom stereocenters. The summed E-state index contributed by atoms with van der Waals surface area (Å²) in [6.45, 7) is 2.20. The molecule has 0 spiro atoms. The van der Waals surface area contributed by atoms with Gasteiger partial charge >= 0.3 is 5.97 Å². The topological polar surface area (TPSA) is 74.7 Å². The normalized spacial score (nSPS) is 24.7. The molecule has 1 N–H and O–H groups in total. The Kier molecular flexibility index (Phi) is 4.27. The lowest BCUT2D eigenvalue weighted by Gasteiger charge is -2.15. The van der Waals surface area contributed by atoms with Gasteiger partial charge < -0.3 is 5.11 Å². The van der Waals surface area contributed by atoms with Gasteiger partial charge in [0, 0.05) is 18.0 Å². The Bertz CT molecular complexity index is 538. The Balaban J connectivity index is 1.99. The highest BCUT2D eigenvalue weighted by Crippen LogP contribution is 2.26. The van der Waals surface area contributed by atoms with Crippen molar-refractivity contribution in [3.05, 3.63) is 22.4 Å². The van der Waals surface area contributed by atoms with E-state index in [9.17, 15) is 13.2 Å². The minimum absolute atomic E-state index is 0.0482. The number of sulfonamides is 1. The summed E-state index contributed by atoms with van der Waals surface area (Å²) < 4.78 is 25.7.